The Balaban J connectivity index is 0.00000256. The zero-order valence-electron chi connectivity index (χ0n) is 8.85. The molecule has 4 N–H and O–H groups in total. The first kappa shape index (κ1) is 15.6. The third-order valence-corrected chi connectivity index (χ3v) is 2.25. The van der Waals surface area contributed by atoms with Gasteiger partial charge < -0.3 is 15.9 Å². The smallest absolute Gasteiger partial charge is 0.336 e. The summed E-state index contributed by atoms with van der Waals surface area (Å²) < 4.78 is 24.9. The van der Waals surface area contributed by atoms with Gasteiger partial charge in [-0.2, -0.15) is 0 Å². The van der Waals surface area contributed by atoms with Gasteiger partial charge in [0.2, 0.25) is 0 Å². The zero-order valence-corrected chi connectivity index (χ0v) is 9.67. The minimum Gasteiger partial charge on any atom is -0.507 e. The van der Waals surface area contributed by atoms with Crippen LogP contribution in [0.25, 0.3) is 0 Å². The number of phenolic OH excluding ortho intramolecular Hbond substituents is 1. The Morgan fingerprint density at radius 1 is 1.41 bits per heavy atom. The largest absolute Gasteiger partial charge is 0.507 e. The van der Waals surface area contributed by atoms with Crippen molar-refractivity contribution < 1.29 is 23.8 Å². The van der Waals surface area contributed by atoms with Crippen LogP contribution in [-0.2, 0) is 0 Å². The highest BCUT2D eigenvalue weighted by atomic mass is 35.5. The van der Waals surface area contributed by atoms with Gasteiger partial charge in [-0.1, -0.05) is 6.07 Å². The van der Waals surface area contributed by atoms with E-state index in [9.17, 15) is 18.7 Å². The van der Waals surface area contributed by atoms with Gasteiger partial charge >= 0.3 is 5.97 Å². The number of hydrogen-bond donors (Lipinski definition) is 3. The van der Waals surface area contributed by atoms with Crippen molar-refractivity contribution in [2.75, 3.05) is 0 Å². The lowest BCUT2D eigenvalue weighted by atomic mass is 9.97. The molecule has 0 radical (unpaired) electrons. The summed E-state index contributed by atoms with van der Waals surface area (Å²) in [5.74, 6) is -1.89. The summed E-state index contributed by atoms with van der Waals surface area (Å²) in [6, 6.07) is 0.668. The molecule has 4 nitrogen and oxygen atoms in total. The number of benzene rings is 1. The van der Waals surface area contributed by atoms with Crippen molar-refractivity contribution in [3.8, 4) is 5.75 Å². The molecule has 0 saturated heterocycles. The number of carbonyl (C=O) groups is 1. The number of nitrogens with two attached hydrogens (primary N) is 1. The molecule has 1 aromatic carbocycles. The fourth-order valence-corrected chi connectivity index (χ4v) is 1.37. The maximum absolute atomic E-state index is 12.4. The van der Waals surface area contributed by atoms with Gasteiger partial charge in [0.1, 0.15) is 5.75 Å². The molecule has 96 valence electrons. The van der Waals surface area contributed by atoms with Gasteiger partial charge in [0.25, 0.3) is 6.43 Å². The van der Waals surface area contributed by atoms with Crippen LogP contribution < -0.4 is 5.73 Å². The highest BCUT2D eigenvalue weighted by Crippen LogP contribution is 2.32. The summed E-state index contributed by atoms with van der Waals surface area (Å²) in [5.41, 5.74) is 4.64. The average Bonchev–Trinajstić information content (AvgIpc) is 2.20. The number of carboxylic acid groups (broad SMARTS) is 1. The number of alkyl halides is 2. The highest BCUT2D eigenvalue weighted by Gasteiger charge is 2.27. The Hall–Kier alpha value is -1.40. The van der Waals surface area contributed by atoms with Crippen molar-refractivity contribution in [1.29, 1.82) is 0 Å². The molecule has 0 aromatic heterocycles. The normalized spacial score (nSPS) is 12.1. The second-order valence-electron chi connectivity index (χ2n) is 3.36. The molecular weight excluding hydrogens is 256 g/mol. The predicted molar refractivity (Wildman–Crippen MR) is 60.0 cm³/mol. The Morgan fingerprint density at radius 2 is 1.94 bits per heavy atom. The first-order chi connectivity index (χ1) is 7.36. The fourth-order valence-electron chi connectivity index (χ4n) is 1.37. The fraction of sp³-hybridized carbons (Fsp3) is 0.300. The van der Waals surface area contributed by atoms with E-state index < -0.39 is 35.3 Å². The predicted octanol–water partition coefficient (Wildman–Crippen LogP) is 2.09. The molecule has 7 heteroatoms. The average molecular weight is 268 g/mol. The lowest BCUT2D eigenvalue weighted by Gasteiger charge is -2.16. The van der Waals surface area contributed by atoms with Crippen molar-refractivity contribution in [3.63, 3.8) is 0 Å². The standard InChI is InChI=1S/C10H11F2NO3.ClH/c1-4-2-3-5(10(15)16)6(8(4)14)7(13)9(11)12;/h2-3,7,9,14H,13H2,1H3,(H,15,16);1H/t7-;/m1./s1. The SMILES string of the molecule is Cc1ccc(C(=O)O)c([C@@H](N)C(F)F)c1O.Cl. The first-order valence-electron chi connectivity index (χ1n) is 4.45. The topological polar surface area (TPSA) is 83.5 Å². The highest BCUT2D eigenvalue weighted by molar-refractivity contribution is 5.90. The van der Waals surface area contributed by atoms with E-state index in [0.29, 0.717) is 5.56 Å². The van der Waals surface area contributed by atoms with Crippen molar-refractivity contribution >= 4 is 18.4 Å². The summed E-state index contributed by atoms with van der Waals surface area (Å²) in [6.45, 7) is 1.47. The monoisotopic (exact) mass is 267 g/mol. The van der Waals surface area contributed by atoms with Gasteiger partial charge in [-0.3, -0.25) is 0 Å². The van der Waals surface area contributed by atoms with Gasteiger partial charge in [-0.05, 0) is 18.6 Å². The molecule has 17 heavy (non-hydrogen) atoms. The zero-order chi connectivity index (χ0) is 12.5. The molecule has 0 heterocycles. The quantitative estimate of drug-likeness (QED) is 0.783. The number of aryl methyl sites for hydroxylation is 1. The molecule has 0 aliphatic heterocycles. The van der Waals surface area contributed by atoms with E-state index >= 15 is 0 Å². The van der Waals surface area contributed by atoms with Crippen molar-refractivity contribution in [2.45, 2.75) is 19.4 Å². The second kappa shape index (κ2) is 5.79. The number of hydrogen-bond acceptors (Lipinski definition) is 3. The number of aromatic hydroxyl groups is 1. The number of carboxylic acids is 1. The number of aromatic carboxylic acids is 1. The van der Waals surface area contributed by atoms with Crippen molar-refractivity contribution in [3.05, 3.63) is 28.8 Å². The van der Waals surface area contributed by atoms with Crippen LogP contribution in [0, 0.1) is 6.92 Å². The van der Waals surface area contributed by atoms with E-state index in [-0.39, 0.29) is 12.4 Å². The third-order valence-electron chi connectivity index (χ3n) is 2.25. The van der Waals surface area contributed by atoms with Crippen LogP contribution in [0.5, 0.6) is 5.75 Å². The van der Waals surface area contributed by atoms with E-state index in [4.69, 9.17) is 10.8 Å². The van der Waals surface area contributed by atoms with E-state index in [1.54, 1.807) is 0 Å². The van der Waals surface area contributed by atoms with E-state index in [0.717, 1.165) is 6.07 Å². The molecule has 0 unspecified atom stereocenters. The summed E-state index contributed by atoms with van der Waals surface area (Å²) >= 11 is 0. The Labute approximate surface area is 102 Å². The van der Waals surface area contributed by atoms with E-state index in [2.05, 4.69) is 0 Å². The molecule has 1 aromatic rings. The molecule has 0 fully saturated rings. The van der Waals surface area contributed by atoms with Crippen LogP contribution in [0.4, 0.5) is 8.78 Å². The van der Waals surface area contributed by atoms with Gasteiger partial charge in [-0.25, -0.2) is 13.6 Å². The number of halogens is 3. The van der Waals surface area contributed by atoms with Crippen LogP contribution in [0.2, 0.25) is 0 Å². The minimum atomic E-state index is -2.94. The molecular formula is C10H12ClF2NO3. The maximum Gasteiger partial charge on any atom is 0.336 e. The van der Waals surface area contributed by atoms with Gasteiger partial charge in [0.05, 0.1) is 11.6 Å². The molecule has 0 spiro atoms. The van der Waals surface area contributed by atoms with Gasteiger partial charge in [-0.15, -0.1) is 12.4 Å². The summed E-state index contributed by atoms with van der Waals surface area (Å²) in [6.07, 6.45) is -2.94. The number of rotatable bonds is 3. The summed E-state index contributed by atoms with van der Waals surface area (Å²) in [5, 5.41) is 18.4. The van der Waals surface area contributed by atoms with Crippen LogP contribution in [-0.4, -0.2) is 22.6 Å². The molecule has 1 rings (SSSR count). The molecule has 0 aliphatic carbocycles. The van der Waals surface area contributed by atoms with Gasteiger partial charge in [0.15, 0.2) is 0 Å². The van der Waals surface area contributed by atoms with E-state index in [1.807, 2.05) is 0 Å². The maximum atomic E-state index is 12.4. The Morgan fingerprint density at radius 3 is 2.35 bits per heavy atom. The molecule has 0 aliphatic rings. The second-order valence-corrected chi connectivity index (χ2v) is 3.36. The van der Waals surface area contributed by atoms with Crippen LogP contribution in [0.15, 0.2) is 12.1 Å². The molecule has 0 bridgehead atoms. The number of phenols is 1. The minimum absolute atomic E-state index is 0. The Kier molecular flexibility index (Phi) is 5.31. The van der Waals surface area contributed by atoms with Gasteiger partial charge in [0, 0.05) is 5.56 Å². The molecule has 1 atom stereocenters. The van der Waals surface area contributed by atoms with Crippen molar-refractivity contribution in [1.82, 2.24) is 0 Å². The van der Waals surface area contributed by atoms with Crippen LogP contribution >= 0.6 is 12.4 Å². The van der Waals surface area contributed by atoms with E-state index in [1.165, 1.54) is 13.0 Å². The third kappa shape index (κ3) is 3.04. The summed E-state index contributed by atoms with van der Waals surface area (Å²) in [7, 11) is 0. The molecule has 0 amide bonds. The van der Waals surface area contributed by atoms with Crippen molar-refractivity contribution in [2.24, 2.45) is 5.73 Å². The summed E-state index contributed by atoms with van der Waals surface area (Å²) in [4.78, 5) is 10.8. The lowest BCUT2D eigenvalue weighted by molar-refractivity contribution is 0.0690. The van der Waals surface area contributed by atoms with Crippen LogP contribution in [0.1, 0.15) is 27.5 Å². The first-order valence-corrected chi connectivity index (χ1v) is 4.45. The van der Waals surface area contributed by atoms with Crippen LogP contribution in [0.3, 0.4) is 0 Å². The molecule has 0 saturated carbocycles. The lowest BCUT2D eigenvalue weighted by Crippen LogP contribution is -2.22. The Bertz CT molecular complexity index is 426.